The number of hydrogen-bond donors (Lipinski definition) is 4. The largest absolute Gasteiger partial charge is 0.384 e. The second-order valence-electron chi connectivity index (χ2n) is 12.4. The Hall–Kier alpha value is -6.38. The van der Waals surface area contributed by atoms with E-state index in [0.717, 1.165) is 29.5 Å². The summed E-state index contributed by atoms with van der Waals surface area (Å²) in [4.78, 5) is 68.7. The molecule has 15 nitrogen and oxygen atoms in total. The molecule has 2 aliphatic heterocycles. The van der Waals surface area contributed by atoms with Gasteiger partial charge in [-0.1, -0.05) is 37.8 Å². The zero-order valence-electron chi connectivity index (χ0n) is 28.4. The lowest BCUT2D eigenvalue weighted by Gasteiger charge is -2.22. The highest BCUT2D eigenvalue weighted by Gasteiger charge is 2.27. The van der Waals surface area contributed by atoms with Crippen LogP contribution in [0, 0.1) is 13.8 Å². The molecule has 6 heterocycles. The first-order chi connectivity index (χ1) is 24.6. The Balaban J connectivity index is 0.000000205. The lowest BCUT2D eigenvalue weighted by atomic mass is 10.1. The van der Waals surface area contributed by atoms with E-state index in [1.54, 1.807) is 38.3 Å². The SMILES string of the molecule is C.Cc1cc(Nc2cc(N)ncn2)c(=O)n2c1C(=O)CCCC2.Cc1cc(Nc2cc(N)ncn2)c(=O)n2c1C(=O)N(Cc1ccccc1)CCC2. The molecule has 52 heavy (non-hydrogen) atoms. The van der Waals surface area contributed by atoms with Crippen molar-refractivity contribution < 1.29 is 9.59 Å². The number of rotatable bonds is 6. The van der Waals surface area contributed by atoms with Crippen molar-refractivity contribution in [2.45, 2.75) is 66.6 Å². The molecular formula is C37H43N11O4. The van der Waals surface area contributed by atoms with Gasteiger partial charge in [-0.05, 0) is 61.9 Å². The summed E-state index contributed by atoms with van der Waals surface area (Å²) >= 11 is 0. The van der Waals surface area contributed by atoms with Crippen molar-refractivity contribution in [2.24, 2.45) is 0 Å². The predicted octanol–water partition coefficient (Wildman–Crippen LogP) is 4.59. The van der Waals surface area contributed by atoms with E-state index in [-0.39, 0.29) is 30.2 Å². The number of ketones is 1. The van der Waals surface area contributed by atoms with E-state index >= 15 is 0 Å². The first-order valence-electron chi connectivity index (χ1n) is 16.6. The van der Waals surface area contributed by atoms with Crippen LogP contribution in [0.4, 0.5) is 34.6 Å². The van der Waals surface area contributed by atoms with E-state index in [2.05, 4.69) is 30.6 Å². The lowest BCUT2D eigenvalue weighted by Crippen LogP contribution is -2.34. The predicted molar refractivity (Wildman–Crippen MR) is 201 cm³/mol. The number of nitrogens with two attached hydrogens (primary N) is 2. The monoisotopic (exact) mass is 705 g/mol. The van der Waals surface area contributed by atoms with Crippen molar-refractivity contribution in [3.63, 3.8) is 0 Å². The molecular weight excluding hydrogens is 662 g/mol. The Morgan fingerprint density at radius 2 is 1.21 bits per heavy atom. The molecule has 0 aliphatic carbocycles. The van der Waals surface area contributed by atoms with Gasteiger partial charge >= 0.3 is 0 Å². The summed E-state index contributed by atoms with van der Waals surface area (Å²) < 4.78 is 3.13. The second-order valence-corrected chi connectivity index (χ2v) is 12.4. The van der Waals surface area contributed by atoms with Crippen LogP contribution in [0.5, 0.6) is 0 Å². The minimum Gasteiger partial charge on any atom is -0.384 e. The number of fused-ring (bicyclic) bond motifs is 2. The van der Waals surface area contributed by atoms with Crippen LogP contribution in [0.25, 0.3) is 0 Å². The third-order valence-electron chi connectivity index (χ3n) is 8.68. The van der Waals surface area contributed by atoms with E-state index in [9.17, 15) is 19.2 Å². The van der Waals surface area contributed by atoms with Crippen LogP contribution >= 0.6 is 0 Å². The number of carbonyl (C=O) groups is 2. The van der Waals surface area contributed by atoms with Gasteiger partial charge in [0, 0.05) is 44.7 Å². The van der Waals surface area contributed by atoms with Gasteiger partial charge in [-0.15, -0.1) is 0 Å². The molecule has 0 unspecified atom stereocenters. The lowest BCUT2D eigenvalue weighted by molar-refractivity contribution is 0.0744. The van der Waals surface area contributed by atoms with Crippen molar-refractivity contribution >= 4 is 46.3 Å². The third kappa shape index (κ3) is 8.15. The minimum absolute atomic E-state index is 0. The number of nitrogen functional groups attached to an aromatic ring is 2. The molecule has 1 amide bonds. The molecule has 270 valence electrons. The average molecular weight is 706 g/mol. The van der Waals surface area contributed by atoms with Gasteiger partial charge in [0.2, 0.25) is 0 Å². The Morgan fingerprint density at radius 3 is 1.79 bits per heavy atom. The highest BCUT2D eigenvalue weighted by Crippen LogP contribution is 2.22. The zero-order chi connectivity index (χ0) is 36.1. The normalized spacial score (nSPS) is 13.7. The number of amides is 1. The van der Waals surface area contributed by atoms with Gasteiger partial charge in [-0.3, -0.25) is 19.2 Å². The number of pyridine rings is 2. The summed E-state index contributed by atoms with van der Waals surface area (Å²) in [5, 5.41) is 5.96. The highest BCUT2D eigenvalue weighted by molar-refractivity contribution is 5.96. The number of hydrogen-bond acceptors (Lipinski definition) is 12. The number of Topliss-reactive ketones (excluding diaryl/α,β-unsaturated/α-hetero) is 1. The zero-order valence-corrected chi connectivity index (χ0v) is 28.4. The summed E-state index contributed by atoms with van der Waals surface area (Å²) in [6, 6.07) is 16.3. The molecule has 0 fully saturated rings. The van der Waals surface area contributed by atoms with Crippen molar-refractivity contribution in [1.82, 2.24) is 34.0 Å². The average Bonchev–Trinajstić information content (AvgIpc) is 3.40. The molecule has 15 heteroatoms. The van der Waals surface area contributed by atoms with E-state index in [0.29, 0.717) is 85.1 Å². The van der Waals surface area contributed by atoms with Crippen LogP contribution in [-0.2, 0) is 19.6 Å². The molecule has 1 aromatic carbocycles. The quantitative estimate of drug-likeness (QED) is 0.191. The Labute approximate surface area is 300 Å². The Bertz CT molecular complexity index is 2220. The second kappa shape index (κ2) is 16.1. The molecule has 0 saturated heterocycles. The maximum atomic E-state index is 13.2. The number of nitrogens with zero attached hydrogens (tertiary/aromatic N) is 7. The molecule has 7 rings (SSSR count). The van der Waals surface area contributed by atoms with Gasteiger partial charge in [0.25, 0.3) is 17.0 Å². The Kier molecular flexibility index (Phi) is 11.4. The minimum atomic E-state index is -0.252. The molecule has 0 radical (unpaired) electrons. The van der Waals surface area contributed by atoms with Gasteiger partial charge in [0.15, 0.2) is 5.78 Å². The van der Waals surface area contributed by atoms with Gasteiger partial charge in [0.05, 0.1) is 5.69 Å². The standard InChI is InChI=1S/C21H22N6O2.C15H17N5O2.CH4/c1-14-10-16(25-18-11-17(22)23-13-24-18)20(28)27-9-5-8-26(21(29)19(14)27)12-15-6-3-2-4-7-15;1-9-6-10(19-13-7-12(16)17-8-18-13)15(22)20-5-3-2-4-11(21)14(9)20;/h2-4,6-7,10-11,13H,5,8-9,12H2,1H3,(H3,22,23,24,25);6-8H,2-5H2,1H3,(H3,16,17,18,19);1H4. The van der Waals surface area contributed by atoms with Crippen LogP contribution in [0.3, 0.4) is 0 Å². The topological polar surface area (TPSA) is 209 Å². The van der Waals surface area contributed by atoms with E-state index in [4.69, 9.17) is 11.5 Å². The Morgan fingerprint density at radius 1 is 0.673 bits per heavy atom. The first kappa shape index (κ1) is 36.9. The van der Waals surface area contributed by atoms with E-state index in [1.165, 1.54) is 12.7 Å². The number of nitrogens with one attached hydrogen (secondary N) is 2. The van der Waals surface area contributed by atoms with Crippen molar-refractivity contribution in [3.05, 3.63) is 116 Å². The van der Waals surface area contributed by atoms with Crippen LogP contribution < -0.4 is 33.2 Å². The highest BCUT2D eigenvalue weighted by atomic mass is 16.2. The van der Waals surface area contributed by atoms with E-state index < -0.39 is 0 Å². The summed E-state index contributed by atoms with van der Waals surface area (Å²) in [6.45, 7) is 5.84. The fourth-order valence-electron chi connectivity index (χ4n) is 6.33. The van der Waals surface area contributed by atoms with Crippen LogP contribution in [0.1, 0.15) is 70.8 Å². The molecule has 0 bridgehead atoms. The third-order valence-corrected chi connectivity index (χ3v) is 8.68. The fraction of sp³-hybridized carbons (Fsp3) is 0.297. The molecule has 5 aromatic rings. The number of aryl methyl sites for hydroxylation is 2. The molecule has 0 atom stereocenters. The number of benzene rings is 1. The summed E-state index contributed by atoms with van der Waals surface area (Å²) in [5.74, 6) is 1.41. The van der Waals surface area contributed by atoms with Gasteiger partial charge < -0.3 is 36.1 Å². The molecule has 0 spiro atoms. The van der Waals surface area contributed by atoms with Crippen molar-refractivity contribution in [2.75, 3.05) is 28.6 Å². The van der Waals surface area contributed by atoms with Crippen LogP contribution in [0.15, 0.2) is 76.8 Å². The summed E-state index contributed by atoms with van der Waals surface area (Å²) in [5.41, 5.74) is 15.1. The van der Waals surface area contributed by atoms with Crippen molar-refractivity contribution in [1.29, 1.82) is 0 Å². The van der Waals surface area contributed by atoms with Crippen molar-refractivity contribution in [3.8, 4) is 0 Å². The summed E-state index contributed by atoms with van der Waals surface area (Å²) in [7, 11) is 0. The maximum Gasteiger partial charge on any atom is 0.274 e. The fourth-order valence-corrected chi connectivity index (χ4v) is 6.33. The van der Waals surface area contributed by atoms with Gasteiger partial charge in [0.1, 0.15) is 53.0 Å². The molecule has 2 aliphatic rings. The number of aromatic nitrogens is 6. The maximum absolute atomic E-state index is 13.2. The van der Waals surface area contributed by atoms with Gasteiger partial charge in [-0.25, -0.2) is 19.9 Å². The van der Waals surface area contributed by atoms with Crippen LogP contribution in [-0.4, -0.2) is 52.2 Å². The molecule has 6 N–H and O–H groups in total. The van der Waals surface area contributed by atoms with E-state index in [1.807, 2.05) is 44.2 Å². The smallest absolute Gasteiger partial charge is 0.274 e. The summed E-state index contributed by atoms with van der Waals surface area (Å²) in [6.07, 6.45) is 5.49. The number of carbonyl (C=O) groups excluding carboxylic acids is 2. The first-order valence-corrected chi connectivity index (χ1v) is 16.6. The molecule has 0 saturated carbocycles. The van der Waals surface area contributed by atoms with Crippen LogP contribution in [0.2, 0.25) is 0 Å². The molecule has 4 aromatic heterocycles. The number of anilines is 6. The van der Waals surface area contributed by atoms with Gasteiger partial charge in [-0.2, -0.15) is 0 Å².